The molecule has 16 heavy (non-hydrogen) atoms. The largest absolute Gasteiger partial charge is 0.329 e. The van der Waals surface area contributed by atoms with Crippen LogP contribution in [0, 0.1) is 0 Å². The molecule has 1 aromatic heterocycles. The molecule has 1 aliphatic rings. The minimum Gasteiger partial charge on any atom is -0.329 e. The average molecular weight is 219 g/mol. The van der Waals surface area contributed by atoms with E-state index in [-0.39, 0.29) is 0 Å². The summed E-state index contributed by atoms with van der Waals surface area (Å²) in [5.41, 5.74) is 7.23. The molecule has 1 saturated heterocycles. The van der Waals surface area contributed by atoms with Crippen LogP contribution in [-0.2, 0) is 0 Å². The first kappa shape index (κ1) is 11.6. The third kappa shape index (κ3) is 2.80. The Kier molecular flexibility index (Phi) is 4.31. The van der Waals surface area contributed by atoms with Gasteiger partial charge in [0, 0.05) is 25.0 Å². The van der Waals surface area contributed by atoms with Crippen molar-refractivity contribution in [2.75, 3.05) is 19.6 Å². The Hall–Kier alpha value is -0.930. The first-order valence-electron chi connectivity index (χ1n) is 6.26. The molecule has 2 rings (SSSR count). The Bertz CT molecular complexity index is 291. The van der Waals surface area contributed by atoms with Crippen LogP contribution in [-0.4, -0.2) is 29.5 Å². The Labute approximate surface area is 97.7 Å². The van der Waals surface area contributed by atoms with E-state index in [1.165, 1.54) is 44.3 Å². The lowest BCUT2D eigenvalue weighted by atomic mass is 10.1. The van der Waals surface area contributed by atoms with Crippen molar-refractivity contribution < 1.29 is 0 Å². The van der Waals surface area contributed by atoms with E-state index >= 15 is 0 Å². The molecule has 1 aromatic rings. The fourth-order valence-electron chi connectivity index (χ4n) is 2.49. The topological polar surface area (TPSA) is 42.1 Å². The number of hydrogen-bond donors (Lipinski definition) is 1. The third-order valence-corrected chi connectivity index (χ3v) is 3.40. The average Bonchev–Trinajstić information content (AvgIpc) is 2.61. The second-order valence-electron chi connectivity index (χ2n) is 4.48. The molecule has 1 unspecified atom stereocenters. The van der Waals surface area contributed by atoms with Crippen LogP contribution in [0.3, 0.4) is 0 Å². The van der Waals surface area contributed by atoms with Crippen molar-refractivity contribution in [2.45, 2.75) is 31.7 Å². The van der Waals surface area contributed by atoms with Gasteiger partial charge >= 0.3 is 0 Å². The maximum atomic E-state index is 5.92. The van der Waals surface area contributed by atoms with E-state index < -0.39 is 0 Å². The van der Waals surface area contributed by atoms with E-state index in [1.54, 1.807) is 0 Å². The van der Waals surface area contributed by atoms with Crippen LogP contribution >= 0.6 is 0 Å². The highest BCUT2D eigenvalue weighted by Crippen LogP contribution is 2.22. The van der Waals surface area contributed by atoms with Gasteiger partial charge in [0.2, 0.25) is 0 Å². The summed E-state index contributed by atoms with van der Waals surface area (Å²) in [7, 11) is 0. The number of rotatable bonds is 3. The Morgan fingerprint density at radius 3 is 2.31 bits per heavy atom. The monoisotopic (exact) mass is 219 g/mol. The summed E-state index contributed by atoms with van der Waals surface area (Å²) in [5.74, 6) is 0. The molecule has 3 heteroatoms. The standard InChI is InChI=1S/C13H21N3/c14-11-13(12-5-7-15-8-6-12)16-9-3-1-2-4-10-16/h5-8,13H,1-4,9-11,14H2. The molecule has 2 heterocycles. The van der Waals surface area contributed by atoms with Crippen molar-refractivity contribution in [1.29, 1.82) is 0 Å². The second kappa shape index (κ2) is 5.97. The van der Waals surface area contributed by atoms with Gasteiger partial charge in [-0.25, -0.2) is 0 Å². The van der Waals surface area contributed by atoms with Crippen molar-refractivity contribution in [2.24, 2.45) is 5.73 Å². The molecular weight excluding hydrogens is 198 g/mol. The number of likely N-dealkylation sites (tertiary alicyclic amines) is 1. The van der Waals surface area contributed by atoms with Crippen LogP contribution in [0.25, 0.3) is 0 Å². The molecule has 0 amide bonds. The zero-order valence-electron chi connectivity index (χ0n) is 9.81. The van der Waals surface area contributed by atoms with Crippen molar-refractivity contribution in [3.05, 3.63) is 30.1 Å². The molecule has 0 spiro atoms. The van der Waals surface area contributed by atoms with Gasteiger partial charge in [-0.3, -0.25) is 9.88 Å². The lowest BCUT2D eigenvalue weighted by Gasteiger charge is -2.29. The van der Waals surface area contributed by atoms with Crippen molar-refractivity contribution in [1.82, 2.24) is 9.88 Å². The predicted octanol–water partition coefficient (Wildman–Crippen LogP) is 1.96. The van der Waals surface area contributed by atoms with Gasteiger partial charge in [-0.15, -0.1) is 0 Å². The smallest absolute Gasteiger partial charge is 0.0471 e. The van der Waals surface area contributed by atoms with E-state index in [4.69, 9.17) is 5.73 Å². The van der Waals surface area contributed by atoms with Gasteiger partial charge in [-0.1, -0.05) is 12.8 Å². The van der Waals surface area contributed by atoms with E-state index in [0.717, 1.165) is 0 Å². The number of aromatic nitrogens is 1. The van der Waals surface area contributed by atoms with Crippen LogP contribution in [0.4, 0.5) is 0 Å². The van der Waals surface area contributed by atoms with E-state index in [0.29, 0.717) is 12.6 Å². The molecule has 0 bridgehead atoms. The molecule has 2 N–H and O–H groups in total. The first-order valence-corrected chi connectivity index (χ1v) is 6.26. The maximum Gasteiger partial charge on any atom is 0.0471 e. The number of hydrogen-bond acceptors (Lipinski definition) is 3. The molecule has 1 fully saturated rings. The summed E-state index contributed by atoms with van der Waals surface area (Å²) in [6, 6.07) is 4.55. The molecule has 3 nitrogen and oxygen atoms in total. The molecule has 0 aliphatic carbocycles. The molecule has 88 valence electrons. The van der Waals surface area contributed by atoms with Crippen LogP contribution in [0.15, 0.2) is 24.5 Å². The molecule has 1 atom stereocenters. The minimum absolute atomic E-state index is 0.376. The van der Waals surface area contributed by atoms with Gasteiger partial charge in [0.1, 0.15) is 0 Å². The zero-order chi connectivity index (χ0) is 11.2. The Morgan fingerprint density at radius 2 is 1.75 bits per heavy atom. The lowest BCUT2D eigenvalue weighted by Crippen LogP contribution is -2.34. The highest BCUT2D eigenvalue weighted by molar-refractivity contribution is 5.15. The fraction of sp³-hybridized carbons (Fsp3) is 0.615. The maximum absolute atomic E-state index is 5.92. The summed E-state index contributed by atoms with van der Waals surface area (Å²) in [6.07, 6.45) is 9.06. The Morgan fingerprint density at radius 1 is 1.12 bits per heavy atom. The zero-order valence-corrected chi connectivity index (χ0v) is 9.81. The van der Waals surface area contributed by atoms with Crippen LogP contribution in [0.1, 0.15) is 37.3 Å². The van der Waals surface area contributed by atoms with Crippen molar-refractivity contribution in [3.8, 4) is 0 Å². The van der Waals surface area contributed by atoms with Crippen molar-refractivity contribution >= 4 is 0 Å². The lowest BCUT2D eigenvalue weighted by molar-refractivity contribution is 0.209. The van der Waals surface area contributed by atoms with Crippen LogP contribution < -0.4 is 5.73 Å². The summed E-state index contributed by atoms with van der Waals surface area (Å²) in [5, 5.41) is 0. The van der Waals surface area contributed by atoms with Gasteiger partial charge in [-0.2, -0.15) is 0 Å². The summed E-state index contributed by atoms with van der Waals surface area (Å²) in [6.45, 7) is 3.07. The third-order valence-electron chi connectivity index (χ3n) is 3.40. The number of nitrogens with two attached hydrogens (primary N) is 1. The van der Waals surface area contributed by atoms with Crippen LogP contribution in [0.2, 0.25) is 0 Å². The first-order chi connectivity index (χ1) is 7.92. The quantitative estimate of drug-likeness (QED) is 0.845. The summed E-state index contributed by atoms with van der Waals surface area (Å²) >= 11 is 0. The van der Waals surface area contributed by atoms with Gasteiger partial charge < -0.3 is 5.73 Å². The fourth-order valence-corrected chi connectivity index (χ4v) is 2.49. The molecular formula is C13H21N3. The van der Waals surface area contributed by atoms with Gasteiger partial charge in [0.05, 0.1) is 0 Å². The van der Waals surface area contributed by atoms with Gasteiger partial charge in [0.25, 0.3) is 0 Å². The SMILES string of the molecule is NCC(c1ccncc1)N1CCCCCC1. The summed E-state index contributed by atoms with van der Waals surface area (Å²) < 4.78 is 0. The minimum atomic E-state index is 0.376. The Balaban J connectivity index is 2.09. The second-order valence-corrected chi connectivity index (χ2v) is 4.48. The normalized spacial score (nSPS) is 20.3. The molecule has 0 saturated carbocycles. The van der Waals surface area contributed by atoms with Crippen molar-refractivity contribution in [3.63, 3.8) is 0 Å². The molecule has 0 radical (unpaired) electrons. The van der Waals surface area contributed by atoms with E-state index in [1.807, 2.05) is 12.4 Å². The summed E-state index contributed by atoms with van der Waals surface area (Å²) in [4.78, 5) is 6.60. The van der Waals surface area contributed by atoms with Gasteiger partial charge in [-0.05, 0) is 43.6 Å². The van der Waals surface area contributed by atoms with E-state index in [2.05, 4.69) is 22.0 Å². The highest BCUT2D eigenvalue weighted by atomic mass is 15.2. The highest BCUT2D eigenvalue weighted by Gasteiger charge is 2.19. The van der Waals surface area contributed by atoms with E-state index in [9.17, 15) is 0 Å². The number of nitrogens with zero attached hydrogens (tertiary/aromatic N) is 2. The number of pyridine rings is 1. The predicted molar refractivity (Wildman–Crippen MR) is 66.1 cm³/mol. The van der Waals surface area contributed by atoms with Gasteiger partial charge in [0.15, 0.2) is 0 Å². The van der Waals surface area contributed by atoms with Crippen LogP contribution in [0.5, 0.6) is 0 Å². The molecule has 0 aromatic carbocycles. The molecule has 1 aliphatic heterocycles.